The topological polar surface area (TPSA) is 29.5 Å². The Balaban J connectivity index is 2.78. The summed E-state index contributed by atoms with van der Waals surface area (Å²) in [4.78, 5) is 12.5. The maximum Gasteiger partial charge on any atom is 0.414 e. The van der Waals surface area contributed by atoms with Gasteiger partial charge in [-0.25, -0.2) is 4.79 Å². The van der Waals surface area contributed by atoms with E-state index in [1.54, 1.807) is 32.3 Å². The number of carbonyl (C=O) groups excluding carboxylic acids is 1. The highest BCUT2D eigenvalue weighted by atomic mass is 35.5. The fourth-order valence-corrected chi connectivity index (χ4v) is 0.990. The summed E-state index contributed by atoms with van der Waals surface area (Å²) in [6.07, 6.45) is -0.397. The molecule has 0 saturated heterocycles. The maximum absolute atomic E-state index is 11.2. The van der Waals surface area contributed by atoms with Gasteiger partial charge in [-0.05, 0) is 30.7 Å². The molecule has 0 radical (unpaired) electrons. The van der Waals surface area contributed by atoms with Gasteiger partial charge >= 0.3 is 6.09 Å². The van der Waals surface area contributed by atoms with Crippen LogP contribution in [0.3, 0.4) is 0 Å². The number of aryl methyl sites for hydroxylation is 1. The van der Waals surface area contributed by atoms with Crippen molar-refractivity contribution in [3.63, 3.8) is 0 Å². The number of halogens is 1. The predicted molar refractivity (Wildman–Crippen MR) is 55.9 cm³/mol. The highest BCUT2D eigenvalue weighted by Crippen LogP contribution is 2.21. The number of rotatable bonds is 1. The van der Waals surface area contributed by atoms with E-state index in [0.29, 0.717) is 10.8 Å². The van der Waals surface area contributed by atoms with Crippen LogP contribution in [0.4, 0.5) is 4.79 Å². The van der Waals surface area contributed by atoms with E-state index in [4.69, 9.17) is 16.3 Å². The van der Waals surface area contributed by atoms with Crippen molar-refractivity contribution in [1.82, 2.24) is 4.90 Å². The SMILES string of the molecule is Cc1cc(OC(=O)N(C)C)ccc1Cl. The van der Waals surface area contributed by atoms with Crippen LogP contribution in [0.1, 0.15) is 5.56 Å². The molecule has 0 bridgehead atoms. The van der Waals surface area contributed by atoms with Gasteiger partial charge in [-0.15, -0.1) is 0 Å². The monoisotopic (exact) mass is 213 g/mol. The smallest absolute Gasteiger partial charge is 0.410 e. The van der Waals surface area contributed by atoms with Crippen molar-refractivity contribution < 1.29 is 9.53 Å². The molecule has 0 spiro atoms. The molecule has 1 aromatic rings. The number of hydrogen-bond donors (Lipinski definition) is 0. The molecule has 76 valence electrons. The van der Waals surface area contributed by atoms with Crippen LogP contribution in [0.5, 0.6) is 5.75 Å². The Labute approximate surface area is 88.2 Å². The zero-order valence-corrected chi connectivity index (χ0v) is 9.13. The Morgan fingerprint density at radius 2 is 2.07 bits per heavy atom. The van der Waals surface area contributed by atoms with Crippen LogP contribution in [0.15, 0.2) is 18.2 Å². The number of carbonyl (C=O) groups is 1. The molecule has 0 aliphatic carbocycles. The number of hydrogen-bond acceptors (Lipinski definition) is 2. The van der Waals surface area contributed by atoms with Gasteiger partial charge in [0.2, 0.25) is 0 Å². The number of amides is 1. The lowest BCUT2D eigenvalue weighted by Gasteiger charge is -2.11. The van der Waals surface area contributed by atoms with Gasteiger partial charge in [-0.2, -0.15) is 0 Å². The first-order valence-corrected chi connectivity index (χ1v) is 4.54. The van der Waals surface area contributed by atoms with Gasteiger partial charge in [-0.1, -0.05) is 11.6 Å². The Morgan fingerprint density at radius 1 is 1.43 bits per heavy atom. The summed E-state index contributed by atoms with van der Waals surface area (Å²) in [7, 11) is 3.26. The third-order valence-electron chi connectivity index (χ3n) is 1.70. The molecule has 1 rings (SSSR count). The van der Waals surface area contributed by atoms with E-state index in [9.17, 15) is 4.79 Å². The lowest BCUT2D eigenvalue weighted by atomic mass is 10.2. The van der Waals surface area contributed by atoms with E-state index < -0.39 is 6.09 Å². The minimum absolute atomic E-state index is 0.397. The zero-order chi connectivity index (χ0) is 10.7. The molecule has 0 heterocycles. The third-order valence-corrected chi connectivity index (χ3v) is 2.12. The van der Waals surface area contributed by atoms with Gasteiger partial charge in [0.05, 0.1) is 0 Å². The van der Waals surface area contributed by atoms with Gasteiger partial charge in [0.15, 0.2) is 0 Å². The lowest BCUT2D eigenvalue weighted by molar-refractivity contribution is 0.172. The second-order valence-corrected chi connectivity index (χ2v) is 3.58. The van der Waals surface area contributed by atoms with E-state index >= 15 is 0 Å². The highest BCUT2D eigenvalue weighted by molar-refractivity contribution is 6.31. The first kappa shape index (κ1) is 10.9. The number of nitrogens with zero attached hydrogens (tertiary/aromatic N) is 1. The summed E-state index contributed by atoms with van der Waals surface area (Å²) in [6, 6.07) is 5.09. The highest BCUT2D eigenvalue weighted by Gasteiger charge is 2.07. The van der Waals surface area contributed by atoms with E-state index in [0.717, 1.165) is 5.56 Å². The quantitative estimate of drug-likeness (QED) is 0.718. The van der Waals surface area contributed by atoms with Gasteiger partial charge in [0.25, 0.3) is 0 Å². The summed E-state index contributed by atoms with van der Waals surface area (Å²) in [6.45, 7) is 1.86. The average Bonchev–Trinajstić information content (AvgIpc) is 2.11. The van der Waals surface area contributed by atoms with E-state index in [1.165, 1.54) is 4.90 Å². The third kappa shape index (κ3) is 2.64. The molecule has 0 aliphatic rings. The van der Waals surface area contributed by atoms with Crippen molar-refractivity contribution in [2.75, 3.05) is 14.1 Å². The molecule has 0 fully saturated rings. The van der Waals surface area contributed by atoms with Crippen LogP contribution in [0.2, 0.25) is 5.02 Å². The largest absolute Gasteiger partial charge is 0.414 e. The van der Waals surface area contributed by atoms with Crippen molar-refractivity contribution in [2.24, 2.45) is 0 Å². The van der Waals surface area contributed by atoms with Crippen molar-refractivity contribution in [3.8, 4) is 5.75 Å². The van der Waals surface area contributed by atoms with E-state index in [1.807, 2.05) is 6.92 Å². The fourth-order valence-electron chi connectivity index (χ4n) is 0.873. The van der Waals surface area contributed by atoms with Gasteiger partial charge in [-0.3, -0.25) is 0 Å². The molecular weight excluding hydrogens is 202 g/mol. The fraction of sp³-hybridized carbons (Fsp3) is 0.300. The predicted octanol–water partition coefficient (Wildman–Crippen LogP) is 2.71. The molecule has 0 atom stereocenters. The van der Waals surface area contributed by atoms with Gasteiger partial charge < -0.3 is 9.64 Å². The van der Waals surface area contributed by atoms with Crippen molar-refractivity contribution in [3.05, 3.63) is 28.8 Å². The molecule has 1 aromatic carbocycles. The van der Waals surface area contributed by atoms with Crippen molar-refractivity contribution >= 4 is 17.7 Å². The van der Waals surface area contributed by atoms with E-state index in [2.05, 4.69) is 0 Å². The van der Waals surface area contributed by atoms with Crippen LogP contribution in [-0.2, 0) is 0 Å². The number of ether oxygens (including phenoxy) is 1. The Hall–Kier alpha value is -1.22. The van der Waals surface area contributed by atoms with E-state index in [-0.39, 0.29) is 0 Å². The zero-order valence-electron chi connectivity index (χ0n) is 8.37. The molecule has 0 aliphatic heterocycles. The van der Waals surface area contributed by atoms with Crippen LogP contribution >= 0.6 is 11.6 Å². The van der Waals surface area contributed by atoms with Crippen LogP contribution < -0.4 is 4.74 Å². The van der Waals surface area contributed by atoms with Crippen LogP contribution in [-0.4, -0.2) is 25.1 Å². The molecule has 0 N–H and O–H groups in total. The molecule has 0 aromatic heterocycles. The lowest BCUT2D eigenvalue weighted by Crippen LogP contribution is -2.25. The second kappa shape index (κ2) is 4.33. The summed E-state index contributed by atoms with van der Waals surface area (Å²) in [5.74, 6) is 0.505. The molecule has 0 saturated carbocycles. The first-order chi connectivity index (χ1) is 6.50. The van der Waals surface area contributed by atoms with Crippen molar-refractivity contribution in [1.29, 1.82) is 0 Å². The Morgan fingerprint density at radius 3 is 2.57 bits per heavy atom. The molecular formula is C10H12ClNO2. The minimum atomic E-state index is -0.397. The minimum Gasteiger partial charge on any atom is -0.410 e. The average molecular weight is 214 g/mol. The summed E-state index contributed by atoms with van der Waals surface area (Å²) < 4.78 is 5.04. The first-order valence-electron chi connectivity index (χ1n) is 4.16. The molecule has 1 amide bonds. The summed E-state index contributed by atoms with van der Waals surface area (Å²) in [5, 5.41) is 0.662. The van der Waals surface area contributed by atoms with Crippen LogP contribution in [0.25, 0.3) is 0 Å². The molecule has 3 nitrogen and oxygen atoms in total. The molecule has 14 heavy (non-hydrogen) atoms. The maximum atomic E-state index is 11.2. The molecule has 4 heteroatoms. The standard InChI is InChI=1S/C10H12ClNO2/c1-7-6-8(4-5-9(7)11)14-10(13)12(2)3/h4-6H,1-3H3. The normalized spacial score (nSPS) is 9.71. The summed E-state index contributed by atoms with van der Waals surface area (Å²) in [5.41, 5.74) is 0.885. The van der Waals surface area contributed by atoms with Gasteiger partial charge in [0.1, 0.15) is 5.75 Å². The van der Waals surface area contributed by atoms with Gasteiger partial charge in [0, 0.05) is 19.1 Å². The Bertz CT molecular complexity index is 350. The Kier molecular flexibility index (Phi) is 3.36. The molecule has 0 unspecified atom stereocenters. The summed E-state index contributed by atoms with van der Waals surface area (Å²) >= 11 is 5.83. The van der Waals surface area contributed by atoms with Crippen LogP contribution in [0, 0.1) is 6.92 Å². The number of benzene rings is 1. The second-order valence-electron chi connectivity index (χ2n) is 3.17. The van der Waals surface area contributed by atoms with Crippen molar-refractivity contribution in [2.45, 2.75) is 6.92 Å².